The molecule has 0 unspecified atom stereocenters. The topological polar surface area (TPSA) is 78.4 Å². The second-order valence-corrected chi connectivity index (χ2v) is 4.25. The van der Waals surface area contributed by atoms with Gasteiger partial charge in [-0.3, -0.25) is 4.79 Å². The fourth-order valence-corrected chi connectivity index (χ4v) is 1.66. The Labute approximate surface area is 106 Å². The summed E-state index contributed by atoms with van der Waals surface area (Å²) in [6, 6.07) is 5.47. The fraction of sp³-hybridized carbons (Fsp3) is 0.385. The third kappa shape index (κ3) is 5.34. The smallest absolute Gasteiger partial charge is 0.319 e. The molecule has 5 nitrogen and oxygen atoms in total. The number of hydrogen-bond acceptors (Lipinski definition) is 2. The molecule has 0 aliphatic rings. The number of aliphatic carboxylic acids is 1. The van der Waals surface area contributed by atoms with Crippen LogP contribution in [0.5, 0.6) is 0 Å². The fourth-order valence-electron chi connectivity index (χ4n) is 1.66. The largest absolute Gasteiger partial charge is 0.481 e. The molecular formula is C13H18N2O3. The highest BCUT2D eigenvalue weighted by molar-refractivity contribution is 5.89. The molecule has 0 spiro atoms. The zero-order chi connectivity index (χ0) is 13.5. The molecule has 0 fully saturated rings. The van der Waals surface area contributed by atoms with E-state index in [9.17, 15) is 9.59 Å². The molecule has 0 aliphatic heterocycles. The van der Waals surface area contributed by atoms with Crippen molar-refractivity contribution in [2.45, 2.75) is 26.7 Å². The molecule has 0 radical (unpaired) electrons. The van der Waals surface area contributed by atoms with E-state index in [2.05, 4.69) is 10.6 Å². The highest BCUT2D eigenvalue weighted by Crippen LogP contribution is 2.13. The van der Waals surface area contributed by atoms with Crippen molar-refractivity contribution in [3.63, 3.8) is 0 Å². The van der Waals surface area contributed by atoms with Crippen LogP contribution in [0.15, 0.2) is 18.2 Å². The Morgan fingerprint density at radius 1 is 1.17 bits per heavy atom. The van der Waals surface area contributed by atoms with Crippen molar-refractivity contribution in [1.29, 1.82) is 0 Å². The molecule has 0 saturated carbocycles. The van der Waals surface area contributed by atoms with Gasteiger partial charge >= 0.3 is 12.0 Å². The number of aryl methyl sites for hydroxylation is 2. The van der Waals surface area contributed by atoms with E-state index >= 15 is 0 Å². The predicted molar refractivity (Wildman–Crippen MR) is 69.8 cm³/mol. The van der Waals surface area contributed by atoms with Gasteiger partial charge in [0.25, 0.3) is 0 Å². The van der Waals surface area contributed by atoms with E-state index in [-0.39, 0.29) is 12.5 Å². The summed E-state index contributed by atoms with van der Waals surface area (Å²) in [6.07, 6.45) is 0.486. The number of carboxylic acid groups (broad SMARTS) is 1. The quantitative estimate of drug-likeness (QED) is 0.701. The van der Waals surface area contributed by atoms with Crippen molar-refractivity contribution in [2.24, 2.45) is 0 Å². The van der Waals surface area contributed by atoms with Crippen molar-refractivity contribution < 1.29 is 14.7 Å². The summed E-state index contributed by atoms with van der Waals surface area (Å²) in [7, 11) is 0. The molecule has 0 aromatic heterocycles. The number of hydrogen-bond donors (Lipinski definition) is 3. The molecule has 98 valence electrons. The normalized spacial score (nSPS) is 9.89. The summed E-state index contributed by atoms with van der Waals surface area (Å²) in [5.41, 5.74) is 2.90. The van der Waals surface area contributed by atoms with Crippen molar-refractivity contribution in [3.8, 4) is 0 Å². The average Bonchev–Trinajstić information content (AvgIpc) is 2.22. The van der Waals surface area contributed by atoms with E-state index in [4.69, 9.17) is 5.11 Å². The highest BCUT2D eigenvalue weighted by atomic mass is 16.4. The number of nitrogens with one attached hydrogen (secondary N) is 2. The molecule has 0 bridgehead atoms. The number of benzene rings is 1. The third-order valence-electron chi connectivity index (χ3n) is 2.33. The molecule has 0 atom stereocenters. The lowest BCUT2D eigenvalue weighted by molar-refractivity contribution is -0.137. The zero-order valence-electron chi connectivity index (χ0n) is 10.6. The second-order valence-electron chi connectivity index (χ2n) is 4.25. The van der Waals surface area contributed by atoms with Crippen LogP contribution in [0.4, 0.5) is 10.5 Å². The first-order valence-corrected chi connectivity index (χ1v) is 5.82. The Hall–Kier alpha value is -2.04. The molecule has 2 amide bonds. The number of anilines is 1. The Balaban J connectivity index is 2.37. The molecule has 18 heavy (non-hydrogen) atoms. The first-order valence-electron chi connectivity index (χ1n) is 5.82. The van der Waals surface area contributed by atoms with E-state index in [1.54, 1.807) is 0 Å². The minimum absolute atomic E-state index is 0.0594. The molecule has 0 heterocycles. The Morgan fingerprint density at radius 2 is 1.78 bits per heavy atom. The van der Waals surface area contributed by atoms with Crippen molar-refractivity contribution in [3.05, 3.63) is 29.3 Å². The maximum absolute atomic E-state index is 11.5. The van der Waals surface area contributed by atoms with Gasteiger partial charge in [-0.2, -0.15) is 0 Å². The predicted octanol–water partition coefficient (Wildman–Crippen LogP) is 2.29. The van der Waals surface area contributed by atoms with Gasteiger partial charge in [0.2, 0.25) is 0 Å². The molecule has 1 aromatic rings. The molecule has 0 saturated heterocycles. The van der Waals surface area contributed by atoms with Gasteiger partial charge in [-0.05, 0) is 43.5 Å². The second kappa shape index (κ2) is 6.64. The third-order valence-corrected chi connectivity index (χ3v) is 2.33. The van der Waals surface area contributed by atoms with Crippen molar-refractivity contribution in [2.75, 3.05) is 11.9 Å². The van der Waals surface area contributed by atoms with E-state index < -0.39 is 5.97 Å². The minimum Gasteiger partial charge on any atom is -0.481 e. The van der Waals surface area contributed by atoms with Crippen LogP contribution >= 0.6 is 0 Å². The molecule has 0 aliphatic carbocycles. The van der Waals surface area contributed by atoms with E-state index in [1.807, 2.05) is 32.0 Å². The van der Waals surface area contributed by atoms with Crippen LogP contribution in [0.2, 0.25) is 0 Å². The van der Waals surface area contributed by atoms with Gasteiger partial charge in [0, 0.05) is 18.7 Å². The summed E-state index contributed by atoms with van der Waals surface area (Å²) >= 11 is 0. The van der Waals surface area contributed by atoms with Crippen LogP contribution < -0.4 is 10.6 Å². The number of carbonyl (C=O) groups excluding carboxylic acids is 1. The van der Waals surface area contributed by atoms with E-state index in [0.29, 0.717) is 13.0 Å². The number of urea groups is 1. The Bertz CT molecular complexity index is 424. The summed E-state index contributed by atoms with van der Waals surface area (Å²) in [6.45, 7) is 4.27. The number of carboxylic acids is 1. The van der Waals surface area contributed by atoms with Crippen LogP contribution in [0.1, 0.15) is 24.0 Å². The van der Waals surface area contributed by atoms with Crippen LogP contribution in [-0.4, -0.2) is 23.7 Å². The van der Waals surface area contributed by atoms with Crippen molar-refractivity contribution >= 4 is 17.7 Å². The van der Waals surface area contributed by atoms with Gasteiger partial charge in [-0.25, -0.2) is 4.79 Å². The molecule has 3 N–H and O–H groups in total. The number of carbonyl (C=O) groups is 2. The molecule has 1 rings (SSSR count). The standard InChI is InChI=1S/C13H18N2O3/c1-9-6-10(2)8-11(7-9)15-13(18)14-5-3-4-12(16)17/h6-8H,3-5H2,1-2H3,(H,16,17)(H2,14,15,18). The Morgan fingerprint density at radius 3 is 2.33 bits per heavy atom. The van der Waals surface area contributed by atoms with Gasteiger partial charge < -0.3 is 15.7 Å². The SMILES string of the molecule is Cc1cc(C)cc(NC(=O)NCCCC(=O)O)c1. The van der Waals surface area contributed by atoms with Crippen LogP contribution in [-0.2, 0) is 4.79 Å². The van der Waals surface area contributed by atoms with Gasteiger partial charge in [-0.1, -0.05) is 6.07 Å². The summed E-state index contributed by atoms with van der Waals surface area (Å²) in [5.74, 6) is -0.855. The van der Waals surface area contributed by atoms with Crippen LogP contribution in [0.25, 0.3) is 0 Å². The average molecular weight is 250 g/mol. The van der Waals surface area contributed by atoms with Gasteiger partial charge in [-0.15, -0.1) is 0 Å². The van der Waals surface area contributed by atoms with Crippen LogP contribution in [0, 0.1) is 13.8 Å². The first kappa shape index (κ1) is 14.0. The maximum Gasteiger partial charge on any atom is 0.319 e. The minimum atomic E-state index is -0.855. The lowest BCUT2D eigenvalue weighted by atomic mass is 10.1. The van der Waals surface area contributed by atoms with Crippen molar-refractivity contribution in [1.82, 2.24) is 5.32 Å². The summed E-state index contributed by atoms with van der Waals surface area (Å²) in [5, 5.41) is 13.8. The lowest BCUT2D eigenvalue weighted by Gasteiger charge is -2.08. The number of amides is 2. The van der Waals surface area contributed by atoms with E-state index in [1.165, 1.54) is 0 Å². The van der Waals surface area contributed by atoms with Gasteiger partial charge in [0.1, 0.15) is 0 Å². The number of rotatable bonds is 5. The van der Waals surface area contributed by atoms with Crippen LogP contribution in [0.3, 0.4) is 0 Å². The zero-order valence-corrected chi connectivity index (χ0v) is 10.6. The molecule has 1 aromatic carbocycles. The van der Waals surface area contributed by atoms with E-state index in [0.717, 1.165) is 16.8 Å². The summed E-state index contributed by atoms with van der Waals surface area (Å²) < 4.78 is 0. The van der Waals surface area contributed by atoms with Gasteiger partial charge in [0.15, 0.2) is 0 Å². The summed E-state index contributed by atoms with van der Waals surface area (Å²) in [4.78, 5) is 21.8. The van der Waals surface area contributed by atoms with Gasteiger partial charge in [0.05, 0.1) is 0 Å². The first-order chi connectivity index (χ1) is 8.47. The monoisotopic (exact) mass is 250 g/mol. The maximum atomic E-state index is 11.5. The molecular weight excluding hydrogens is 232 g/mol. The Kier molecular flexibility index (Phi) is 5.17. The highest BCUT2D eigenvalue weighted by Gasteiger charge is 2.03. The lowest BCUT2D eigenvalue weighted by Crippen LogP contribution is -2.29. The molecule has 5 heteroatoms.